The molecule has 8 nitrogen and oxygen atoms in total. The first kappa shape index (κ1) is 20.7. The summed E-state index contributed by atoms with van der Waals surface area (Å²) < 4.78 is 21.8. The Morgan fingerprint density at radius 2 is 1.79 bits per heavy atom. The number of rotatable bonds is 7. The molecule has 0 aliphatic carbocycles. The lowest BCUT2D eigenvalue weighted by molar-refractivity contribution is -0.481. The Kier molecular flexibility index (Phi) is 5.26. The molecule has 3 aromatic carbocycles. The SMILES string of the molecule is COc1ccc(-c2[nH]c3ccccc3c2C(C[N+](=O)[O-])c2ccc3c(c2)OCO3)cc1OC. The van der Waals surface area contributed by atoms with Gasteiger partial charge in [-0.05, 0) is 47.5 Å². The molecule has 1 unspecified atom stereocenters. The van der Waals surface area contributed by atoms with Crippen molar-refractivity contribution in [2.45, 2.75) is 5.92 Å². The van der Waals surface area contributed by atoms with E-state index in [4.69, 9.17) is 18.9 Å². The number of ether oxygens (including phenoxy) is 4. The highest BCUT2D eigenvalue weighted by atomic mass is 16.7. The van der Waals surface area contributed by atoms with Crippen LogP contribution in [-0.4, -0.2) is 37.5 Å². The van der Waals surface area contributed by atoms with Crippen molar-refractivity contribution in [2.24, 2.45) is 0 Å². The molecule has 1 aromatic heterocycles. The van der Waals surface area contributed by atoms with Gasteiger partial charge in [0.1, 0.15) is 0 Å². The van der Waals surface area contributed by atoms with Crippen LogP contribution in [0, 0.1) is 10.1 Å². The molecule has 0 radical (unpaired) electrons. The smallest absolute Gasteiger partial charge is 0.231 e. The fraction of sp³-hybridized carbons (Fsp3) is 0.200. The minimum absolute atomic E-state index is 0.142. The first-order valence-corrected chi connectivity index (χ1v) is 10.4. The second-order valence-corrected chi connectivity index (χ2v) is 7.71. The fourth-order valence-corrected chi connectivity index (χ4v) is 4.39. The topological polar surface area (TPSA) is 95.9 Å². The molecule has 1 N–H and O–H groups in total. The number of methoxy groups -OCH3 is 2. The number of nitrogens with one attached hydrogen (secondary N) is 1. The van der Waals surface area contributed by atoms with E-state index in [1.165, 1.54) is 0 Å². The summed E-state index contributed by atoms with van der Waals surface area (Å²) in [5.74, 6) is 1.89. The number of hydrogen-bond acceptors (Lipinski definition) is 6. The molecule has 5 rings (SSSR count). The zero-order valence-electron chi connectivity index (χ0n) is 18.2. The van der Waals surface area contributed by atoms with Crippen LogP contribution in [0.25, 0.3) is 22.2 Å². The molecule has 0 amide bonds. The number of nitro groups is 1. The number of H-pyrrole nitrogens is 1. The van der Waals surface area contributed by atoms with Gasteiger partial charge in [-0.2, -0.15) is 0 Å². The molecule has 168 valence electrons. The summed E-state index contributed by atoms with van der Waals surface area (Å²) in [6.07, 6.45) is 0. The van der Waals surface area contributed by atoms with Gasteiger partial charge in [-0.3, -0.25) is 10.1 Å². The monoisotopic (exact) mass is 446 g/mol. The summed E-state index contributed by atoms with van der Waals surface area (Å²) >= 11 is 0. The van der Waals surface area contributed by atoms with E-state index in [-0.39, 0.29) is 18.3 Å². The van der Waals surface area contributed by atoms with E-state index in [1.54, 1.807) is 20.3 Å². The Morgan fingerprint density at radius 1 is 1.00 bits per heavy atom. The Bertz CT molecular complexity index is 1350. The predicted octanol–water partition coefficient (Wildman–Crippen LogP) is 4.99. The van der Waals surface area contributed by atoms with E-state index in [9.17, 15) is 10.1 Å². The third kappa shape index (κ3) is 3.69. The van der Waals surface area contributed by atoms with Crippen LogP contribution >= 0.6 is 0 Å². The molecule has 1 aliphatic heterocycles. The molecule has 0 saturated heterocycles. The van der Waals surface area contributed by atoms with Gasteiger partial charge in [-0.15, -0.1) is 0 Å². The van der Waals surface area contributed by atoms with Gasteiger partial charge >= 0.3 is 0 Å². The van der Waals surface area contributed by atoms with E-state index in [0.29, 0.717) is 23.0 Å². The zero-order valence-corrected chi connectivity index (χ0v) is 18.2. The maximum atomic E-state index is 11.8. The Hall–Kier alpha value is -4.20. The number of aromatic amines is 1. The molecule has 2 heterocycles. The maximum Gasteiger partial charge on any atom is 0.231 e. The summed E-state index contributed by atoms with van der Waals surface area (Å²) in [6, 6.07) is 18.9. The van der Waals surface area contributed by atoms with Gasteiger partial charge in [0.15, 0.2) is 23.0 Å². The highest BCUT2D eigenvalue weighted by Crippen LogP contribution is 2.43. The van der Waals surface area contributed by atoms with Crippen LogP contribution in [0.15, 0.2) is 60.7 Å². The molecule has 33 heavy (non-hydrogen) atoms. The zero-order chi connectivity index (χ0) is 22.9. The molecule has 0 spiro atoms. The predicted molar refractivity (Wildman–Crippen MR) is 123 cm³/mol. The van der Waals surface area contributed by atoms with Crippen LogP contribution in [0.2, 0.25) is 0 Å². The Labute approximate surface area is 189 Å². The highest BCUT2D eigenvalue weighted by Gasteiger charge is 2.29. The van der Waals surface area contributed by atoms with E-state index in [0.717, 1.165) is 33.3 Å². The Morgan fingerprint density at radius 3 is 2.58 bits per heavy atom. The average Bonchev–Trinajstić information content (AvgIpc) is 3.46. The molecule has 1 aliphatic rings. The normalized spacial score (nSPS) is 13.2. The van der Waals surface area contributed by atoms with E-state index in [2.05, 4.69) is 4.98 Å². The molecular weight excluding hydrogens is 424 g/mol. The molecule has 1 atom stereocenters. The Balaban J connectivity index is 1.74. The standard InChI is InChI=1S/C25H22N2O6/c1-30-20-9-8-16(12-22(20)31-2)25-24(17-5-3-4-6-19(17)26-25)18(13-27(28)29)15-7-10-21-23(11-15)33-14-32-21/h3-12,18,26H,13-14H2,1-2H3. The quantitative estimate of drug-likeness (QED) is 0.317. The third-order valence-electron chi connectivity index (χ3n) is 5.90. The summed E-state index contributed by atoms with van der Waals surface area (Å²) in [6.45, 7) is -0.134. The lowest BCUT2D eigenvalue weighted by Crippen LogP contribution is -2.14. The first-order valence-electron chi connectivity index (χ1n) is 10.4. The summed E-state index contributed by atoms with van der Waals surface area (Å²) in [5, 5.41) is 12.7. The van der Waals surface area contributed by atoms with Crippen LogP contribution < -0.4 is 18.9 Å². The van der Waals surface area contributed by atoms with Crippen LogP contribution in [0.1, 0.15) is 17.0 Å². The van der Waals surface area contributed by atoms with Gasteiger partial charge in [-0.1, -0.05) is 24.3 Å². The van der Waals surface area contributed by atoms with Gasteiger partial charge < -0.3 is 23.9 Å². The second kappa shape index (κ2) is 8.38. The third-order valence-corrected chi connectivity index (χ3v) is 5.90. The van der Waals surface area contributed by atoms with Gasteiger partial charge in [0.2, 0.25) is 13.3 Å². The maximum absolute atomic E-state index is 11.8. The number of hydrogen-bond donors (Lipinski definition) is 1. The van der Waals surface area contributed by atoms with Gasteiger partial charge in [0.25, 0.3) is 0 Å². The van der Waals surface area contributed by atoms with Crippen molar-refractivity contribution in [3.63, 3.8) is 0 Å². The number of para-hydroxylation sites is 1. The van der Waals surface area contributed by atoms with Crippen molar-refractivity contribution in [2.75, 3.05) is 27.6 Å². The number of nitrogens with zero attached hydrogens (tertiary/aromatic N) is 1. The number of aromatic nitrogens is 1. The van der Waals surface area contributed by atoms with Crippen LogP contribution in [-0.2, 0) is 0 Å². The van der Waals surface area contributed by atoms with Gasteiger partial charge in [0.05, 0.1) is 25.8 Å². The van der Waals surface area contributed by atoms with Crippen molar-refractivity contribution in [3.05, 3.63) is 81.9 Å². The number of fused-ring (bicyclic) bond motifs is 2. The van der Waals surface area contributed by atoms with Crippen molar-refractivity contribution >= 4 is 10.9 Å². The van der Waals surface area contributed by atoms with Crippen LogP contribution in [0.4, 0.5) is 0 Å². The molecular formula is C25H22N2O6. The average molecular weight is 446 g/mol. The second-order valence-electron chi connectivity index (χ2n) is 7.71. The molecule has 0 saturated carbocycles. The van der Waals surface area contributed by atoms with Crippen LogP contribution in [0.5, 0.6) is 23.0 Å². The largest absolute Gasteiger partial charge is 0.493 e. The van der Waals surface area contributed by atoms with Crippen molar-refractivity contribution in [1.29, 1.82) is 0 Å². The van der Waals surface area contributed by atoms with E-state index < -0.39 is 5.92 Å². The van der Waals surface area contributed by atoms with Crippen LogP contribution in [0.3, 0.4) is 0 Å². The van der Waals surface area contributed by atoms with Gasteiger partial charge in [0, 0.05) is 21.4 Å². The molecule has 0 fully saturated rings. The molecule has 0 bridgehead atoms. The van der Waals surface area contributed by atoms with E-state index >= 15 is 0 Å². The lowest BCUT2D eigenvalue weighted by atomic mass is 9.87. The van der Waals surface area contributed by atoms with E-state index in [1.807, 2.05) is 54.6 Å². The fourth-order valence-electron chi connectivity index (χ4n) is 4.39. The summed E-state index contributed by atoms with van der Waals surface area (Å²) in [7, 11) is 3.16. The minimum Gasteiger partial charge on any atom is -0.493 e. The molecule has 4 aromatic rings. The molecule has 8 heteroatoms. The lowest BCUT2D eigenvalue weighted by Gasteiger charge is -2.17. The first-order chi connectivity index (χ1) is 16.1. The summed E-state index contributed by atoms with van der Waals surface area (Å²) in [4.78, 5) is 15.0. The van der Waals surface area contributed by atoms with Crippen molar-refractivity contribution < 1.29 is 23.9 Å². The highest BCUT2D eigenvalue weighted by molar-refractivity contribution is 5.92. The van der Waals surface area contributed by atoms with Crippen molar-refractivity contribution in [1.82, 2.24) is 4.98 Å². The van der Waals surface area contributed by atoms with Gasteiger partial charge in [-0.25, -0.2) is 0 Å². The minimum atomic E-state index is -0.520. The number of benzene rings is 3. The van der Waals surface area contributed by atoms with Crippen molar-refractivity contribution in [3.8, 4) is 34.3 Å². The summed E-state index contributed by atoms with van der Waals surface area (Å²) in [5.41, 5.74) is 4.15.